The molecule has 2 N–H and O–H groups in total. The summed E-state index contributed by atoms with van der Waals surface area (Å²) in [4.78, 5) is 15.2. The molecule has 0 atom stereocenters. The van der Waals surface area contributed by atoms with Crippen LogP contribution in [0.3, 0.4) is 0 Å². The van der Waals surface area contributed by atoms with E-state index in [0.29, 0.717) is 22.2 Å². The third kappa shape index (κ3) is 3.26. The fraction of sp³-hybridized carbons (Fsp3) is 0.118. The number of carbonyl (C=O) groups is 1. The minimum absolute atomic E-state index is 0.153. The largest absolute Gasteiger partial charge is 0.361 e. The first-order valence-electron chi connectivity index (χ1n) is 6.93. The Labute approximate surface area is 138 Å². The maximum atomic E-state index is 12.1. The van der Waals surface area contributed by atoms with Gasteiger partial charge in [0.1, 0.15) is 0 Å². The van der Waals surface area contributed by atoms with Crippen molar-refractivity contribution < 1.29 is 4.79 Å². The predicted octanol–water partition coefficient (Wildman–Crippen LogP) is 4.45. The van der Waals surface area contributed by atoms with Crippen LogP contribution in [-0.4, -0.2) is 17.4 Å². The highest BCUT2D eigenvalue weighted by atomic mass is 35.5. The van der Waals surface area contributed by atoms with Crippen LogP contribution in [0.25, 0.3) is 10.9 Å². The molecule has 0 radical (unpaired) electrons. The molecule has 2 aromatic carbocycles. The van der Waals surface area contributed by atoms with Gasteiger partial charge in [-0.15, -0.1) is 0 Å². The summed E-state index contributed by atoms with van der Waals surface area (Å²) < 4.78 is 0. The lowest BCUT2D eigenvalue weighted by molar-refractivity contribution is 0.0954. The molecule has 1 heterocycles. The van der Waals surface area contributed by atoms with Gasteiger partial charge in [-0.05, 0) is 47.7 Å². The van der Waals surface area contributed by atoms with Crippen molar-refractivity contribution in [1.82, 2.24) is 10.3 Å². The lowest BCUT2D eigenvalue weighted by atomic mass is 10.1. The van der Waals surface area contributed by atoms with Gasteiger partial charge in [0, 0.05) is 23.8 Å². The second-order valence-electron chi connectivity index (χ2n) is 5.03. The number of nitrogens with one attached hydrogen (secondary N) is 2. The second kappa shape index (κ2) is 6.42. The zero-order valence-corrected chi connectivity index (χ0v) is 13.2. The number of H-pyrrole nitrogens is 1. The summed E-state index contributed by atoms with van der Waals surface area (Å²) in [6.45, 7) is 0.561. The van der Waals surface area contributed by atoms with Gasteiger partial charge in [0.05, 0.1) is 10.0 Å². The maximum absolute atomic E-state index is 12.1. The van der Waals surface area contributed by atoms with E-state index in [1.165, 1.54) is 10.9 Å². The Morgan fingerprint density at radius 1 is 1.05 bits per heavy atom. The fourth-order valence-electron chi connectivity index (χ4n) is 2.31. The first-order chi connectivity index (χ1) is 10.6. The van der Waals surface area contributed by atoms with Crippen molar-refractivity contribution in [1.29, 1.82) is 0 Å². The molecule has 0 bridgehead atoms. The molecule has 1 aromatic heterocycles. The quantitative estimate of drug-likeness (QED) is 0.728. The van der Waals surface area contributed by atoms with Crippen molar-refractivity contribution in [2.45, 2.75) is 6.42 Å². The first kappa shape index (κ1) is 14.9. The molecular formula is C17H14Cl2N2O. The molecule has 0 aliphatic rings. The van der Waals surface area contributed by atoms with E-state index in [9.17, 15) is 4.79 Å². The summed E-state index contributed by atoms with van der Waals surface area (Å²) >= 11 is 11.8. The zero-order valence-electron chi connectivity index (χ0n) is 11.7. The van der Waals surface area contributed by atoms with Crippen molar-refractivity contribution in [2.24, 2.45) is 0 Å². The molecule has 0 fully saturated rings. The van der Waals surface area contributed by atoms with Crippen molar-refractivity contribution in [3.8, 4) is 0 Å². The van der Waals surface area contributed by atoms with Crippen LogP contribution in [0, 0.1) is 0 Å². The van der Waals surface area contributed by atoms with Crippen LogP contribution < -0.4 is 5.32 Å². The minimum atomic E-state index is -0.153. The Morgan fingerprint density at radius 2 is 1.91 bits per heavy atom. The number of rotatable bonds is 4. The van der Waals surface area contributed by atoms with Gasteiger partial charge < -0.3 is 10.3 Å². The molecule has 0 saturated heterocycles. The summed E-state index contributed by atoms with van der Waals surface area (Å²) in [7, 11) is 0. The van der Waals surface area contributed by atoms with E-state index in [-0.39, 0.29) is 5.91 Å². The van der Waals surface area contributed by atoms with Gasteiger partial charge in [0.25, 0.3) is 5.91 Å². The summed E-state index contributed by atoms with van der Waals surface area (Å²) in [5.74, 6) is -0.153. The normalized spacial score (nSPS) is 10.8. The molecule has 22 heavy (non-hydrogen) atoms. The van der Waals surface area contributed by atoms with Crippen molar-refractivity contribution in [3.63, 3.8) is 0 Å². The van der Waals surface area contributed by atoms with E-state index in [1.807, 2.05) is 12.3 Å². The van der Waals surface area contributed by atoms with Gasteiger partial charge >= 0.3 is 0 Å². The fourth-order valence-corrected chi connectivity index (χ4v) is 2.61. The van der Waals surface area contributed by atoms with Gasteiger partial charge in [-0.2, -0.15) is 0 Å². The van der Waals surface area contributed by atoms with Crippen LogP contribution in [0.5, 0.6) is 0 Å². The van der Waals surface area contributed by atoms with Crippen LogP contribution in [0.15, 0.2) is 48.7 Å². The summed E-state index contributed by atoms with van der Waals surface area (Å²) in [6.07, 6.45) is 2.68. The lowest BCUT2D eigenvalue weighted by Crippen LogP contribution is -2.25. The number of carbonyl (C=O) groups excluding carboxylic acids is 1. The number of aromatic nitrogens is 1. The Balaban J connectivity index is 1.59. The number of hydrogen-bond donors (Lipinski definition) is 2. The van der Waals surface area contributed by atoms with E-state index in [4.69, 9.17) is 23.2 Å². The van der Waals surface area contributed by atoms with Crippen molar-refractivity contribution in [3.05, 3.63) is 69.8 Å². The molecular weight excluding hydrogens is 319 g/mol. The molecule has 0 unspecified atom stereocenters. The van der Waals surface area contributed by atoms with Crippen LogP contribution in [0.4, 0.5) is 0 Å². The van der Waals surface area contributed by atoms with Crippen LogP contribution in [0.1, 0.15) is 15.9 Å². The summed E-state index contributed by atoms with van der Waals surface area (Å²) in [5.41, 5.74) is 2.78. The first-order valence-corrected chi connectivity index (χ1v) is 7.68. The topological polar surface area (TPSA) is 44.9 Å². The van der Waals surface area contributed by atoms with Gasteiger partial charge in [-0.25, -0.2) is 0 Å². The van der Waals surface area contributed by atoms with Crippen LogP contribution >= 0.6 is 23.2 Å². The molecule has 0 saturated carbocycles. The monoisotopic (exact) mass is 332 g/mol. The van der Waals surface area contributed by atoms with E-state index in [2.05, 4.69) is 28.5 Å². The second-order valence-corrected chi connectivity index (χ2v) is 5.85. The number of hydrogen-bond acceptors (Lipinski definition) is 1. The Bertz CT molecular complexity index is 826. The van der Waals surface area contributed by atoms with Crippen LogP contribution in [0.2, 0.25) is 10.0 Å². The van der Waals surface area contributed by atoms with E-state index >= 15 is 0 Å². The molecule has 112 valence electrons. The maximum Gasteiger partial charge on any atom is 0.251 e. The third-order valence-corrected chi connectivity index (χ3v) is 4.24. The van der Waals surface area contributed by atoms with Gasteiger partial charge in [0.15, 0.2) is 0 Å². The average Bonchev–Trinajstić information content (AvgIpc) is 2.97. The molecule has 3 nitrogen and oxygen atoms in total. The summed E-state index contributed by atoms with van der Waals surface area (Å²) in [5, 5.41) is 4.89. The highest BCUT2D eigenvalue weighted by Crippen LogP contribution is 2.22. The van der Waals surface area contributed by atoms with Gasteiger partial charge in [0.2, 0.25) is 0 Å². The molecule has 3 rings (SSSR count). The summed E-state index contributed by atoms with van der Waals surface area (Å²) in [6, 6.07) is 13.1. The molecule has 0 spiro atoms. The van der Waals surface area contributed by atoms with Crippen LogP contribution in [-0.2, 0) is 6.42 Å². The number of fused-ring (bicyclic) bond motifs is 1. The van der Waals surface area contributed by atoms with E-state index in [0.717, 1.165) is 11.9 Å². The molecule has 1 amide bonds. The molecule has 0 aliphatic carbocycles. The lowest BCUT2D eigenvalue weighted by Gasteiger charge is -2.06. The third-order valence-electron chi connectivity index (χ3n) is 3.50. The van der Waals surface area contributed by atoms with E-state index < -0.39 is 0 Å². The number of amides is 1. The SMILES string of the molecule is O=C(NCCc1ccc2cc[nH]c2c1)c1ccc(Cl)c(Cl)c1. The highest BCUT2D eigenvalue weighted by Gasteiger charge is 2.07. The standard InChI is InChI=1S/C17H14Cl2N2O/c18-14-4-3-13(10-15(14)19)17(22)21-7-5-11-1-2-12-6-8-20-16(12)9-11/h1-4,6,8-10,20H,5,7H2,(H,21,22). The van der Waals surface area contributed by atoms with Gasteiger partial charge in [-0.3, -0.25) is 4.79 Å². The van der Waals surface area contributed by atoms with Crippen molar-refractivity contribution in [2.75, 3.05) is 6.54 Å². The number of halogens is 2. The number of benzene rings is 2. The minimum Gasteiger partial charge on any atom is -0.361 e. The van der Waals surface area contributed by atoms with Crippen molar-refractivity contribution >= 4 is 40.0 Å². The molecule has 3 aromatic rings. The molecule has 5 heteroatoms. The zero-order chi connectivity index (χ0) is 15.5. The molecule has 0 aliphatic heterocycles. The Kier molecular flexibility index (Phi) is 4.36. The number of aromatic amines is 1. The highest BCUT2D eigenvalue weighted by molar-refractivity contribution is 6.42. The predicted molar refractivity (Wildman–Crippen MR) is 90.8 cm³/mol. The Hall–Kier alpha value is -1.97. The van der Waals surface area contributed by atoms with Gasteiger partial charge in [-0.1, -0.05) is 35.3 Å². The Morgan fingerprint density at radius 3 is 2.73 bits per heavy atom. The smallest absolute Gasteiger partial charge is 0.251 e. The average molecular weight is 333 g/mol. The van der Waals surface area contributed by atoms with E-state index in [1.54, 1.807) is 18.2 Å².